The molecule has 0 rings (SSSR count). The molecule has 0 saturated heterocycles. The van der Waals surface area contributed by atoms with Gasteiger partial charge in [0.15, 0.2) is 0 Å². The van der Waals surface area contributed by atoms with Crippen molar-refractivity contribution < 1.29 is 23.8 Å². The average Bonchev–Trinajstić information content (AvgIpc) is 3.25. The van der Waals surface area contributed by atoms with Gasteiger partial charge in [0.05, 0.1) is 13.2 Å². The maximum Gasteiger partial charge on any atom is 0.305 e. The Morgan fingerprint density at radius 2 is 0.550 bits per heavy atom. The summed E-state index contributed by atoms with van der Waals surface area (Å²) in [5.41, 5.74) is 0. The molecule has 0 radical (unpaired) electrons. The molecule has 0 unspecified atom stereocenters. The summed E-state index contributed by atoms with van der Waals surface area (Å²) in [6.07, 6.45) is 54.2. The molecule has 6 nitrogen and oxygen atoms in total. The van der Waals surface area contributed by atoms with E-state index >= 15 is 0 Å². The Hall–Kier alpha value is -1.14. The van der Waals surface area contributed by atoms with Crippen LogP contribution in [0.15, 0.2) is 0 Å². The Morgan fingerprint density at radius 1 is 0.283 bits per heavy atom. The van der Waals surface area contributed by atoms with Crippen LogP contribution in [0.2, 0.25) is 0 Å². The van der Waals surface area contributed by atoms with Gasteiger partial charge in [0.25, 0.3) is 0 Å². The number of nitrogens with zero attached hydrogens (tertiary/aromatic N) is 1. The highest BCUT2D eigenvalue weighted by Crippen LogP contribution is 2.16. The molecule has 0 amide bonds. The van der Waals surface area contributed by atoms with E-state index in [1.165, 1.54) is 231 Å². The Bertz CT molecular complexity index is 837. The molecule has 0 aliphatic rings. The molecule has 0 spiro atoms. The number of carbonyl (C=O) groups excluding carboxylic acids is 2. The second kappa shape index (κ2) is 52.2. The lowest BCUT2D eigenvalue weighted by atomic mass is 10.0. The molecule has 0 aromatic carbocycles. The summed E-state index contributed by atoms with van der Waals surface area (Å²) in [5, 5.41) is 0. The fourth-order valence-electron chi connectivity index (χ4n) is 8.38. The quantitative estimate of drug-likeness (QED) is 0.0449. The Morgan fingerprint density at radius 3 is 0.883 bits per heavy atom. The highest BCUT2D eigenvalue weighted by Gasteiger charge is 2.09. The van der Waals surface area contributed by atoms with E-state index in [1.54, 1.807) is 0 Å². The number of esters is 2. The Balaban J connectivity index is 4.08. The van der Waals surface area contributed by atoms with Gasteiger partial charge in [-0.2, -0.15) is 0 Å². The third-order valence-electron chi connectivity index (χ3n) is 12.5. The average molecular weight is 850 g/mol. The zero-order valence-electron chi connectivity index (χ0n) is 41.1. The number of unbranched alkanes of at least 4 members (excludes halogenated alkanes) is 37. The predicted octanol–water partition coefficient (Wildman–Crippen LogP) is 16.8. The van der Waals surface area contributed by atoms with Crippen molar-refractivity contribution in [3.05, 3.63) is 0 Å². The highest BCUT2D eigenvalue weighted by molar-refractivity contribution is 5.69. The largest absolute Gasteiger partial charge is 0.464 e. The second-order valence-electron chi connectivity index (χ2n) is 18.5. The van der Waals surface area contributed by atoms with E-state index in [-0.39, 0.29) is 11.9 Å². The first kappa shape index (κ1) is 58.9. The molecule has 0 aromatic heterocycles. The van der Waals surface area contributed by atoms with Crippen LogP contribution >= 0.6 is 0 Å². The van der Waals surface area contributed by atoms with Gasteiger partial charge in [0, 0.05) is 25.9 Å². The minimum atomic E-state index is -0.0948. The summed E-state index contributed by atoms with van der Waals surface area (Å²) in [5.74, 6) is -0.148. The normalized spacial score (nSPS) is 11.5. The molecule has 0 aliphatic carbocycles. The van der Waals surface area contributed by atoms with Crippen molar-refractivity contribution in [3.8, 4) is 0 Å². The molecule has 0 N–H and O–H groups in total. The first-order chi connectivity index (χ1) is 29.6. The van der Waals surface area contributed by atoms with Gasteiger partial charge in [-0.3, -0.25) is 14.5 Å². The third kappa shape index (κ3) is 49.5. The van der Waals surface area contributed by atoms with Crippen molar-refractivity contribution in [2.75, 3.05) is 46.1 Å². The van der Waals surface area contributed by atoms with Gasteiger partial charge in [-0.05, 0) is 25.8 Å². The van der Waals surface area contributed by atoms with E-state index in [1.807, 2.05) is 0 Å². The third-order valence-corrected chi connectivity index (χ3v) is 12.5. The molecule has 0 fully saturated rings. The van der Waals surface area contributed by atoms with E-state index in [0.29, 0.717) is 39.3 Å². The number of hydrogen-bond donors (Lipinski definition) is 0. The molecule has 0 aromatic rings. The van der Waals surface area contributed by atoms with E-state index in [4.69, 9.17) is 14.2 Å². The number of hydrogen-bond acceptors (Lipinski definition) is 6. The summed E-state index contributed by atoms with van der Waals surface area (Å²) in [6, 6.07) is 0. The van der Waals surface area contributed by atoms with Gasteiger partial charge in [-0.15, -0.1) is 0 Å². The topological polar surface area (TPSA) is 65.1 Å². The van der Waals surface area contributed by atoms with Crippen LogP contribution in [0.5, 0.6) is 0 Å². The van der Waals surface area contributed by atoms with Crippen molar-refractivity contribution in [1.29, 1.82) is 0 Å². The van der Waals surface area contributed by atoms with E-state index < -0.39 is 0 Å². The fourth-order valence-corrected chi connectivity index (χ4v) is 8.38. The predicted molar refractivity (Wildman–Crippen MR) is 260 cm³/mol. The zero-order valence-corrected chi connectivity index (χ0v) is 41.1. The van der Waals surface area contributed by atoms with Crippen LogP contribution in [0.3, 0.4) is 0 Å². The van der Waals surface area contributed by atoms with Crippen molar-refractivity contribution in [3.63, 3.8) is 0 Å². The van der Waals surface area contributed by atoms with Crippen molar-refractivity contribution in [1.82, 2.24) is 4.90 Å². The molecular formula is C54H107NO5. The standard InChI is InChI=1S/C54H107NO5/c1-4-7-10-13-16-19-21-23-25-27-29-31-34-37-40-43-46-55(48-50-59-53(56)44-41-38-35-32-18-15-12-9-6-3)47-49-58-51-52-60-54(57)45-42-39-36-33-30-28-26-24-22-20-17-14-11-8-5-2/h4-52H2,1-3H3. The summed E-state index contributed by atoms with van der Waals surface area (Å²) < 4.78 is 17.0. The van der Waals surface area contributed by atoms with Crippen LogP contribution in [0.4, 0.5) is 0 Å². The number of ether oxygens (including phenoxy) is 3. The summed E-state index contributed by atoms with van der Waals surface area (Å²) in [7, 11) is 0. The molecule has 0 heterocycles. The summed E-state index contributed by atoms with van der Waals surface area (Å²) in [4.78, 5) is 27.1. The SMILES string of the molecule is CCCCCCCCCCCCCCCCCCN(CCOCCOC(=O)CCCCCCCCCCCCCCCCC)CCOC(=O)CCCCCCCCCCC. The van der Waals surface area contributed by atoms with E-state index in [2.05, 4.69) is 25.7 Å². The summed E-state index contributed by atoms with van der Waals surface area (Å²) >= 11 is 0. The smallest absolute Gasteiger partial charge is 0.305 e. The van der Waals surface area contributed by atoms with Gasteiger partial charge in [-0.1, -0.05) is 258 Å². The van der Waals surface area contributed by atoms with Crippen LogP contribution < -0.4 is 0 Å². The van der Waals surface area contributed by atoms with Crippen LogP contribution in [-0.2, 0) is 23.8 Å². The molecule has 358 valence electrons. The molecule has 60 heavy (non-hydrogen) atoms. The van der Waals surface area contributed by atoms with Crippen molar-refractivity contribution in [2.24, 2.45) is 0 Å². The van der Waals surface area contributed by atoms with Gasteiger partial charge in [-0.25, -0.2) is 0 Å². The van der Waals surface area contributed by atoms with Crippen molar-refractivity contribution in [2.45, 2.75) is 290 Å². The molecule has 0 bridgehead atoms. The lowest BCUT2D eigenvalue weighted by molar-refractivity contribution is -0.146. The van der Waals surface area contributed by atoms with Crippen LogP contribution in [0.1, 0.15) is 290 Å². The first-order valence-corrected chi connectivity index (χ1v) is 27.2. The van der Waals surface area contributed by atoms with E-state index in [9.17, 15) is 9.59 Å². The molecule has 0 atom stereocenters. The highest BCUT2D eigenvalue weighted by atomic mass is 16.6. The van der Waals surface area contributed by atoms with Gasteiger partial charge in [0.2, 0.25) is 0 Å². The van der Waals surface area contributed by atoms with E-state index in [0.717, 1.165) is 45.3 Å². The second-order valence-corrected chi connectivity index (χ2v) is 18.5. The van der Waals surface area contributed by atoms with Crippen molar-refractivity contribution >= 4 is 11.9 Å². The van der Waals surface area contributed by atoms with Gasteiger partial charge < -0.3 is 14.2 Å². The minimum Gasteiger partial charge on any atom is -0.464 e. The Labute approximate surface area is 376 Å². The maximum atomic E-state index is 12.4. The monoisotopic (exact) mass is 850 g/mol. The first-order valence-electron chi connectivity index (χ1n) is 27.2. The number of carbonyl (C=O) groups is 2. The van der Waals surface area contributed by atoms with Crippen LogP contribution in [0, 0.1) is 0 Å². The lowest BCUT2D eigenvalue weighted by Gasteiger charge is -2.22. The minimum absolute atomic E-state index is 0.0530. The zero-order chi connectivity index (χ0) is 43.5. The Kier molecular flexibility index (Phi) is 51.2. The molecular weight excluding hydrogens is 743 g/mol. The maximum absolute atomic E-state index is 12.4. The molecule has 0 aliphatic heterocycles. The summed E-state index contributed by atoms with van der Waals surface area (Å²) in [6.45, 7) is 11.2. The fraction of sp³-hybridized carbons (Fsp3) is 0.963. The lowest BCUT2D eigenvalue weighted by Crippen LogP contribution is -2.33. The van der Waals surface area contributed by atoms with Crippen LogP contribution in [-0.4, -0.2) is 62.9 Å². The van der Waals surface area contributed by atoms with Gasteiger partial charge >= 0.3 is 11.9 Å². The number of rotatable bonds is 52. The molecule has 6 heteroatoms. The molecule has 0 saturated carbocycles. The van der Waals surface area contributed by atoms with Gasteiger partial charge in [0.1, 0.15) is 13.2 Å². The van der Waals surface area contributed by atoms with Crippen LogP contribution in [0.25, 0.3) is 0 Å².